The lowest BCUT2D eigenvalue weighted by Gasteiger charge is -2.23. The van der Waals surface area contributed by atoms with Crippen LogP contribution in [-0.2, 0) is 4.79 Å². The lowest BCUT2D eigenvalue weighted by molar-refractivity contribution is -0.127. The van der Waals surface area contributed by atoms with Crippen LogP contribution >= 0.6 is 0 Å². The van der Waals surface area contributed by atoms with Crippen LogP contribution in [0.3, 0.4) is 0 Å². The van der Waals surface area contributed by atoms with Crippen molar-refractivity contribution >= 4 is 11.6 Å². The van der Waals surface area contributed by atoms with Gasteiger partial charge in [0.05, 0.1) is 6.54 Å². The second-order valence-corrected chi connectivity index (χ2v) is 6.24. The van der Waals surface area contributed by atoms with E-state index >= 15 is 0 Å². The van der Waals surface area contributed by atoms with Crippen LogP contribution in [0.2, 0.25) is 0 Å². The lowest BCUT2D eigenvalue weighted by Crippen LogP contribution is -2.36. The quantitative estimate of drug-likeness (QED) is 0.686. The van der Waals surface area contributed by atoms with Gasteiger partial charge in [-0.25, -0.2) is 4.39 Å². The average Bonchev–Trinajstić information content (AvgIpc) is 3.01. The van der Waals surface area contributed by atoms with Crippen LogP contribution in [-0.4, -0.2) is 38.9 Å². The summed E-state index contributed by atoms with van der Waals surface area (Å²) in [4.78, 5) is 11.8. The zero-order chi connectivity index (χ0) is 17.9. The third-order valence-electron chi connectivity index (χ3n) is 4.47. The standard InChI is InChI=1S/C18H18FN5O2/c19-14-6-4-12(5-7-14)17-22-21-15-8-9-16(23-24(15)17)26-11-10-20-18(25)13-2-1-3-13/h4-9,13H,1-3,10-11H2,(H,20,25). The van der Waals surface area contributed by atoms with Crippen molar-refractivity contribution in [1.82, 2.24) is 25.1 Å². The molecule has 0 atom stereocenters. The molecule has 0 radical (unpaired) electrons. The van der Waals surface area contributed by atoms with E-state index in [1.54, 1.807) is 28.8 Å². The van der Waals surface area contributed by atoms with Crippen molar-refractivity contribution in [2.75, 3.05) is 13.2 Å². The number of fused-ring (bicyclic) bond motifs is 1. The summed E-state index contributed by atoms with van der Waals surface area (Å²) in [6, 6.07) is 9.42. The molecule has 1 saturated carbocycles. The van der Waals surface area contributed by atoms with Gasteiger partial charge in [0.15, 0.2) is 11.5 Å². The molecule has 3 aromatic rings. The van der Waals surface area contributed by atoms with Crippen LogP contribution in [0.4, 0.5) is 4.39 Å². The Balaban J connectivity index is 1.42. The largest absolute Gasteiger partial charge is 0.475 e. The van der Waals surface area contributed by atoms with Crippen LogP contribution in [0.5, 0.6) is 5.88 Å². The summed E-state index contributed by atoms with van der Waals surface area (Å²) in [5, 5.41) is 15.4. The van der Waals surface area contributed by atoms with Gasteiger partial charge in [-0.05, 0) is 43.2 Å². The maximum Gasteiger partial charge on any atom is 0.231 e. The smallest absolute Gasteiger partial charge is 0.231 e. The summed E-state index contributed by atoms with van der Waals surface area (Å²) in [6.07, 6.45) is 3.09. The van der Waals surface area contributed by atoms with Crippen molar-refractivity contribution in [3.63, 3.8) is 0 Å². The summed E-state index contributed by atoms with van der Waals surface area (Å²) in [5.74, 6) is 0.853. The van der Waals surface area contributed by atoms with Gasteiger partial charge in [0.2, 0.25) is 11.8 Å². The first-order valence-electron chi connectivity index (χ1n) is 8.59. The monoisotopic (exact) mass is 355 g/mol. The van der Waals surface area contributed by atoms with Gasteiger partial charge in [-0.2, -0.15) is 4.52 Å². The summed E-state index contributed by atoms with van der Waals surface area (Å²) in [5.41, 5.74) is 1.27. The molecule has 2 heterocycles. The third-order valence-corrected chi connectivity index (χ3v) is 4.47. The molecular formula is C18H18FN5O2. The molecule has 2 aromatic heterocycles. The molecule has 7 nitrogen and oxygen atoms in total. The molecule has 4 rings (SSSR count). The van der Waals surface area contributed by atoms with Crippen molar-refractivity contribution in [2.24, 2.45) is 5.92 Å². The number of nitrogens with zero attached hydrogens (tertiary/aromatic N) is 4. The van der Waals surface area contributed by atoms with Crippen molar-refractivity contribution in [1.29, 1.82) is 0 Å². The molecule has 1 aromatic carbocycles. The molecule has 1 N–H and O–H groups in total. The van der Waals surface area contributed by atoms with Crippen LogP contribution < -0.4 is 10.1 Å². The van der Waals surface area contributed by atoms with Gasteiger partial charge in [0, 0.05) is 17.5 Å². The normalized spacial score (nSPS) is 14.2. The van der Waals surface area contributed by atoms with Gasteiger partial charge in [0.1, 0.15) is 12.4 Å². The van der Waals surface area contributed by atoms with Crippen LogP contribution in [0.15, 0.2) is 36.4 Å². The van der Waals surface area contributed by atoms with E-state index in [1.165, 1.54) is 12.1 Å². The molecule has 134 valence electrons. The zero-order valence-corrected chi connectivity index (χ0v) is 14.1. The first kappa shape index (κ1) is 16.4. The number of carbonyl (C=O) groups is 1. The number of carbonyl (C=O) groups excluding carboxylic acids is 1. The highest BCUT2D eigenvalue weighted by Gasteiger charge is 2.24. The Hall–Kier alpha value is -3.03. The molecule has 0 bridgehead atoms. The third kappa shape index (κ3) is 3.35. The maximum atomic E-state index is 13.1. The first-order chi connectivity index (χ1) is 12.7. The number of ether oxygens (including phenoxy) is 1. The van der Waals surface area contributed by atoms with E-state index < -0.39 is 0 Å². The van der Waals surface area contributed by atoms with E-state index in [2.05, 4.69) is 20.6 Å². The molecule has 1 aliphatic rings. The fourth-order valence-electron chi connectivity index (χ4n) is 2.77. The minimum absolute atomic E-state index is 0.0978. The SMILES string of the molecule is O=C(NCCOc1ccc2nnc(-c3ccc(F)cc3)n2n1)C1CCC1. The number of rotatable bonds is 6. The topological polar surface area (TPSA) is 81.4 Å². The number of halogens is 1. The molecule has 0 spiro atoms. The summed E-state index contributed by atoms with van der Waals surface area (Å²) in [7, 11) is 0. The average molecular weight is 355 g/mol. The fraction of sp³-hybridized carbons (Fsp3) is 0.333. The van der Waals surface area contributed by atoms with Crippen molar-refractivity contribution in [3.8, 4) is 17.3 Å². The highest BCUT2D eigenvalue weighted by molar-refractivity contribution is 5.79. The van der Waals surface area contributed by atoms with E-state index in [4.69, 9.17) is 4.74 Å². The summed E-state index contributed by atoms with van der Waals surface area (Å²) < 4.78 is 20.3. The molecule has 26 heavy (non-hydrogen) atoms. The van der Waals surface area contributed by atoms with E-state index in [-0.39, 0.29) is 17.6 Å². The van der Waals surface area contributed by atoms with E-state index in [0.717, 1.165) is 19.3 Å². The Morgan fingerprint density at radius 1 is 1.19 bits per heavy atom. The van der Waals surface area contributed by atoms with Crippen LogP contribution in [0.25, 0.3) is 17.0 Å². The molecule has 1 amide bonds. The molecular weight excluding hydrogens is 337 g/mol. The zero-order valence-electron chi connectivity index (χ0n) is 14.1. The Bertz CT molecular complexity index is 921. The maximum absolute atomic E-state index is 13.1. The number of benzene rings is 1. The van der Waals surface area contributed by atoms with Gasteiger partial charge in [0.25, 0.3) is 0 Å². The Morgan fingerprint density at radius 2 is 2.00 bits per heavy atom. The molecule has 0 aliphatic heterocycles. The number of nitrogens with one attached hydrogen (secondary N) is 1. The van der Waals surface area contributed by atoms with Gasteiger partial charge in [-0.1, -0.05) is 6.42 Å². The van der Waals surface area contributed by atoms with Gasteiger partial charge in [-0.15, -0.1) is 15.3 Å². The molecule has 0 unspecified atom stereocenters. The second-order valence-electron chi connectivity index (χ2n) is 6.24. The minimum Gasteiger partial charge on any atom is -0.475 e. The van der Waals surface area contributed by atoms with Crippen LogP contribution in [0, 0.1) is 11.7 Å². The number of hydrogen-bond acceptors (Lipinski definition) is 5. The molecule has 8 heteroatoms. The predicted molar refractivity (Wildman–Crippen MR) is 92.0 cm³/mol. The number of aromatic nitrogens is 4. The fourth-order valence-corrected chi connectivity index (χ4v) is 2.77. The Morgan fingerprint density at radius 3 is 2.73 bits per heavy atom. The number of amides is 1. The second kappa shape index (κ2) is 7.07. The van der Waals surface area contributed by atoms with Crippen molar-refractivity contribution < 1.29 is 13.9 Å². The van der Waals surface area contributed by atoms with Crippen molar-refractivity contribution in [3.05, 3.63) is 42.2 Å². The molecule has 1 aliphatic carbocycles. The van der Waals surface area contributed by atoms with E-state index in [9.17, 15) is 9.18 Å². The predicted octanol–water partition coefficient (Wildman–Crippen LogP) is 2.23. The highest BCUT2D eigenvalue weighted by Crippen LogP contribution is 2.26. The lowest BCUT2D eigenvalue weighted by atomic mass is 9.85. The van der Waals surface area contributed by atoms with Crippen molar-refractivity contribution in [2.45, 2.75) is 19.3 Å². The minimum atomic E-state index is -0.316. The molecule has 1 fully saturated rings. The van der Waals surface area contributed by atoms with E-state index in [1.807, 2.05) is 0 Å². The van der Waals surface area contributed by atoms with Gasteiger partial charge >= 0.3 is 0 Å². The highest BCUT2D eigenvalue weighted by atomic mass is 19.1. The van der Waals surface area contributed by atoms with Crippen LogP contribution in [0.1, 0.15) is 19.3 Å². The summed E-state index contributed by atoms with van der Waals surface area (Å²) in [6.45, 7) is 0.757. The summed E-state index contributed by atoms with van der Waals surface area (Å²) >= 11 is 0. The Labute approximate surface area is 149 Å². The van der Waals surface area contributed by atoms with Gasteiger partial charge in [-0.3, -0.25) is 4.79 Å². The number of hydrogen-bond donors (Lipinski definition) is 1. The Kier molecular flexibility index (Phi) is 4.47. The molecule has 0 saturated heterocycles. The van der Waals surface area contributed by atoms with E-state index in [0.29, 0.717) is 36.1 Å². The first-order valence-corrected chi connectivity index (χ1v) is 8.59. The van der Waals surface area contributed by atoms with Gasteiger partial charge < -0.3 is 10.1 Å².